The van der Waals surface area contributed by atoms with Gasteiger partial charge in [0.15, 0.2) is 0 Å². The molecule has 0 aliphatic carbocycles. The molecule has 1 rings (SSSR count). The van der Waals surface area contributed by atoms with Gasteiger partial charge in [-0.15, -0.1) is 12.3 Å². The summed E-state index contributed by atoms with van der Waals surface area (Å²) in [5.41, 5.74) is 0. The van der Waals surface area contributed by atoms with E-state index in [9.17, 15) is 0 Å². The molecular formula is C12H22N2. The summed E-state index contributed by atoms with van der Waals surface area (Å²) in [7, 11) is 2.20. The van der Waals surface area contributed by atoms with E-state index >= 15 is 0 Å². The molecule has 0 aromatic heterocycles. The number of likely N-dealkylation sites (tertiary alicyclic amines) is 1. The first-order valence-electron chi connectivity index (χ1n) is 5.68. The lowest BCUT2D eigenvalue weighted by Gasteiger charge is -2.29. The van der Waals surface area contributed by atoms with Crippen LogP contribution in [0.15, 0.2) is 0 Å². The van der Waals surface area contributed by atoms with Crippen LogP contribution >= 0.6 is 0 Å². The Morgan fingerprint density at radius 3 is 2.71 bits per heavy atom. The molecule has 2 nitrogen and oxygen atoms in total. The Hall–Kier alpha value is -0.520. The summed E-state index contributed by atoms with van der Waals surface area (Å²) in [6.07, 6.45) is 11.1. The van der Waals surface area contributed by atoms with Crippen molar-refractivity contribution in [1.29, 1.82) is 0 Å². The molecule has 0 bridgehead atoms. The lowest BCUT2D eigenvalue weighted by Crippen LogP contribution is -2.41. The monoisotopic (exact) mass is 194 g/mol. The summed E-state index contributed by atoms with van der Waals surface area (Å²) in [4.78, 5) is 2.40. The van der Waals surface area contributed by atoms with Crippen LogP contribution in [0, 0.1) is 12.3 Å². The van der Waals surface area contributed by atoms with E-state index in [1.54, 1.807) is 0 Å². The fourth-order valence-corrected chi connectivity index (χ4v) is 1.87. The van der Waals surface area contributed by atoms with Crippen LogP contribution in [0.1, 0.15) is 32.1 Å². The fourth-order valence-electron chi connectivity index (χ4n) is 1.87. The fraction of sp³-hybridized carbons (Fsp3) is 0.833. The molecule has 0 spiro atoms. The zero-order valence-electron chi connectivity index (χ0n) is 9.26. The van der Waals surface area contributed by atoms with Gasteiger partial charge in [-0.25, -0.2) is 0 Å². The van der Waals surface area contributed by atoms with Crippen LogP contribution in [0.3, 0.4) is 0 Å². The van der Waals surface area contributed by atoms with E-state index in [-0.39, 0.29) is 0 Å². The summed E-state index contributed by atoms with van der Waals surface area (Å²) in [6.45, 7) is 3.61. The average Bonchev–Trinajstić information content (AvgIpc) is 2.21. The molecule has 0 atom stereocenters. The van der Waals surface area contributed by atoms with E-state index in [2.05, 4.69) is 23.2 Å². The van der Waals surface area contributed by atoms with Gasteiger partial charge >= 0.3 is 0 Å². The van der Waals surface area contributed by atoms with Crippen molar-refractivity contribution in [1.82, 2.24) is 10.2 Å². The number of rotatable bonds is 5. The normalized spacial score (nSPS) is 19.4. The molecule has 0 aromatic carbocycles. The van der Waals surface area contributed by atoms with Crippen molar-refractivity contribution in [3.63, 3.8) is 0 Å². The minimum absolute atomic E-state index is 0.747. The highest BCUT2D eigenvalue weighted by molar-refractivity contribution is 4.83. The van der Waals surface area contributed by atoms with Crippen LogP contribution < -0.4 is 5.32 Å². The SMILES string of the molecule is C#CCCCCNC1CCN(C)CC1. The molecule has 0 amide bonds. The van der Waals surface area contributed by atoms with Crippen molar-refractivity contribution in [2.45, 2.75) is 38.1 Å². The van der Waals surface area contributed by atoms with Gasteiger partial charge in [-0.2, -0.15) is 0 Å². The largest absolute Gasteiger partial charge is 0.314 e. The Balaban J connectivity index is 1.94. The maximum absolute atomic E-state index is 5.19. The third kappa shape index (κ3) is 4.64. The summed E-state index contributed by atoms with van der Waals surface area (Å²) in [5.74, 6) is 2.68. The van der Waals surface area contributed by atoms with Crippen LogP contribution in [0.5, 0.6) is 0 Å². The van der Waals surface area contributed by atoms with Crippen LogP contribution in [-0.4, -0.2) is 37.6 Å². The molecule has 80 valence electrons. The van der Waals surface area contributed by atoms with Gasteiger partial charge < -0.3 is 10.2 Å². The molecule has 14 heavy (non-hydrogen) atoms. The Morgan fingerprint density at radius 1 is 1.36 bits per heavy atom. The number of terminal acetylenes is 1. The molecule has 1 aliphatic rings. The maximum atomic E-state index is 5.19. The molecule has 1 N–H and O–H groups in total. The molecule has 0 aromatic rings. The van der Waals surface area contributed by atoms with Crippen molar-refractivity contribution in [2.75, 3.05) is 26.7 Å². The van der Waals surface area contributed by atoms with Gasteiger partial charge in [-0.3, -0.25) is 0 Å². The standard InChI is InChI=1S/C12H22N2/c1-3-4-5-6-9-13-12-7-10-14(2)11-8-12/h1,12-13H,4-11H2,2H3. The second-order valence-corrected chi connectivity index (χ2v) is 4.19. The Morgan fingerprint density at radius 2 is 2.07 bits per heavy atom. The number of piperidine rings is 1. The van der Waals surface area contributed by atoms with Gasteiger partial charge in [-0.05, 0) is 52.4 Å². The second-order valence-electron chi connectivity index (χ2n) is 4.19. The Bertz CT molecular complexity index is 175. The number of hydrogen-bond donors (Lipinski definition) is 1. The summed E-state index contributed by atoms with van der Waals surface area (Å²) in [5, 5.41) is 3.61. The summed E-state index contributed by atoms with van der Waals surface area (Å²) < 4.78 is 0. The molecule has 0 radical (unpaired) electrons. The Kier molecular flexibility index (Phi) is 5.66. The lowest BCUT2D eigenvalue weighted by molar-refractivity contribution is 0.234. The topological polar surface area (TPSA) is 15.3 Å². The number of nitrogens with zero attached hydrogens (tertiary/aromatic N) is 1. The van der Waals surface area contributed by atoms with Crippen LogP contribution in [0.2, 0.25) is 0 Å². The van der Waals surface area contributed by atoms with E-state index in [1.165, 1.54) is 32.4 Å². The highest BCUT2D eigenvalue weighted by Gasteiger charge is 2.14. The predicted molar refractivity (Wildman–Crippen MR) is 61.2 cm³/mol. The molecule has 0 unspecified atom stereocenters. The minimum Gasteiger partial charge on any atom is -0.314 e. The van der Waals surface area contributed by atoms with E-state index in [4.69, 9.17) is 6.42 Å². The first kappa shape index (κ1) is 11.6. The van der Waals surface area contributed by atoms with Gasteiger partial charge in [0, 0.05) is 12.5 Å². The lowest BCUT2D eigenvalue weighted by atomic mass is 10.1. The summed E-state index contributed by atoms with van der Waals surface area (Å²) in [6, 6.07) is 0.747. The third-order valence-electron chi connectivity index (χ3n) is 2.90. The first-order valence-corrected chi connectivity index (χ1v) is 5.68. The van der Waals surface area contributed by atoms with Gasteiger partial charge in [0.2, 0.25) is 0 Å². The third-order valence-corrected chi connectivity index (χ3v) is 2.90. The van der Waals surface area contributed by atoms with E-state index in [0.29, 0.717) is 0 Å². The predicted octanol–water partition coefficient (Wildman–Crippen LogP) is 1.47. The van der Waals surface area contributed by atoms with Gasteiger partial charge in [0.25, 0.3) is 0 Å². The second kappa shape index (κ2) is 6.86. The molecule has 1 saturated heterocycles. The number of nitrogens with one attached hydrogen (secondary N) is 1. The smallest absolute Gasteiger partial charge is 0.00914 e. The number of hydrogen-bond acceptors (Lipinski definition) is 2. The average molecular weight is 194 g/mol. The van der Waals surface area contributed by atoms with Crippen LogP contribution in [0.25, 0.3) is 0 Å². The van der Waals surface area contributed by atoms with Crippen LogP contribution in [-0.2, 0) is 0 Å². The van der Waals surface area contributed by atoms with Crippen molar-refractivity contribution in [3.8, 4) is 12.3 Å². The van der Waals surface area contributed by atoms with Crippen molar-refractivity contribution in [3.05, 3.63) is 0 Å². The van der Waals surface area contributed by atoms with E-state index in [0.717, 1.165) is 25.4 Å². The van der Waals surface area contributed by atoms with Gasteiger partial charge in [0.1, 0.15) is 0 Å². The van der Waals surface area contributed by atoms with Gasteiger partial charge in [-0.1, -0.05) is 0 Å². The Labute approximate surface area is 88.1 Å². The zero-order chi connectivity index (χ0) is 10.2. The minimum atomic E-state index is 0.747. The quantitative estimate of drug-likeness (QED) is 0.527. The highest BCUT2D eigenvalue weighted by atomic mass is 15.1. The maximum Gasteiger partial charge on any atom is 0.00914 e. The molecule has 1 aliphatic heterocycles. The van der Waals surface area contributed by atoms with Crippen LogP contribution in [0.4, 0.5) is 0 Å². The molecule has 2 heteroatoms. The molecule has 0 saturated carbocycles. The van der Waals surface area contributed by atoms with Gasteiger partial charge in [0.05, 0.1) is 0 Å². The van der Waals surface area contributed by atoms with Crippen molar-refractivity contribution in [2.24, 2.45) is 0 Å². The summed E-state index contributed by atoms with van der Waals surface area (Å²) >= 11 is 0. The van der Waals surface area contributed by atoms with Crippen molar-refractivity contribution < 1.29 is 0 Å². The zero-order valence-corrected chi connectivity index (χ0v) is 9.26. The molecular weight excluding hydrogens is 172 g/mol. The highest BCUT2D eigenvalue weighted by Crippen LogP contribution is 2.08. The number of unbranched alkanes of at least 4 members (excludes halogenated alkanes) is 2. The molecule has 1 heterocycles. The first-order chi connectivity index (χ1) is 6.83. The molecule has 1 fully saturated rings. The van der Waals surface area contributed by atoms with E-state index < -0.39 is 0 Å². The van der Waals surface area contributed by atoms with E-state index in [1.807, 2.05) is 0 Å². The van der Waals surface area contributed by atoms with Crippen molar-refractivity contribution >= 4 is 0 Å².